The molecule has 1 nitrogen and oxygen atoms in total. The molecule has 110 valence electrons. The van der Waals surface area contributed by atoms with Crippen molar-refractivity contribution in [3.05, 3.63) is 68.7 Å². The van der Waals surface area contributed by atoms with E-state index in [1.54, 1.807) is 19.1 Å². The number of ketones is 1. The van der Waals surface area contributed by atoms with E-state index in [1.165, 1.54) is 0 Å². The first-order chi connectivity index (χ1) is 9.73. The second-order valence-corrected chi connectivity index (χ2v) is 6.70. The lowest BCUT2D eigenvalue weighted by Crippen LogP contribution is -2.23. The minimum absolute atomic E-state index is 0.0365. The second kappa shape index (κ2) is 5.82. The molecule has 0 fully saturated rings. The first kappa shape index (κ1) is 16.1. The molecule has 0 radical (unpaired) electrons. The Kier molecular flexibility index (Phi) is 4.46. The molecule has 0 aliphatic rings. The standard InChI is InChI=1S/C18H18Cl2O/c1-11-5-6-13(19)9-16(11)18(3,4)17-10-14(20)7-8-15(17)12(2)21/h5-10H,1-4H3. The molecule has 0 unspecified atom stereocenters. The molecule has 3 heteroatoms. The van der Waals surface area contributed by atoms with Gasteiger partial charge in [-0.2, -0.15) is 0 Å². The number of rotatable bonds is 3. The van der Waals surface area contributed by atoms with Crippen molar-refractivity contribution < 1.29 is 4.79 Å². The minimum atomic E-state index is -0.360. The Morgan fingerprint density at radius 2 is 1.48 bits per heavy atom. The van der Waals surface area contributed by atoms with E-state index in [4.69, 9.17) is 23.2 Å². The Morgan fingerprint density at radius 3 is 2.05 bits per heavy atom. The van der Waals surface area contributed by atoms with Crippen molar-refractivity contribution in [3.63, 3.8) is 0 Å². The molecule has 0 spiro atoms. The highest BCUT2D eigenvalue weighted by Gasteiger charge is 2.29. The molecular formula is C18H18Cl2O. The van der Waals surface area contributed by atoms with Crippen LogP contribution < -0.4 is 0 Å². The fourth-order valence-electron chi connectivity index (χ4n) is 2.75. The molecule has 0 heterocycles. The van der Waals surface area contributed by atoms with Crippen molar-refractivity contribution in [1.82, 2.24) is 0 Å². The van der Waals surface area contributed by atoms with Gasteiger partial charge >= 0.3 is 0 Å². The highest BCUT2D eigenvalue weighted by molar-refractivity contribution is 6.31. The van der Waals surface area contributed by atoms with E-state index in [9.17, 15) is 4.79 Å². The minimum Gasteiger partial charge on any atom is -0.295 e. The topological polar surface area (TPSA) is 17.1 Å². The Morgan fingerprint density at radius 1 is 0.952 bits per heavy atom. The molecule has 21 heavy (non-hydrogen) atoms. The summed E-state index contributed by atoms with van der Waals surface area (Å²) < 4.78 is 0. The first-order valence-corrected chi connectivity index (χ1v) is 7.56. The van der Waals surface area contributed by atoms with Gasteiger partial charge in [0.05, 0.1) is 0 Å². The van der Waals surface area contributed by atoms with Crippen molar-refractivity contribution >= 4 is 29.0 Å². The zero-order chi connectivity index (χ0) is 15.8. The highest BCUT2D eigenvalue weighted by atomic mass is 35.5. The number of hydrogen-bond donors (Lipinski definition) is 0. The largest absolute Gasteiger partial charge is 0.295 e. The maximum atomic E-state index is 11.9. The van der Waals surface area contributed by atoms with Gasteiger partial charge in [0.2, 0.25) is 0 Å². The molecule has 2 rings (SSSR count). The monoisotopic (exact) mass is 320 g/mol. The number of Topliss-reactive ketones (excluding diaryl/α,β-unsaturated/α-hetero) is 1. The van der Waals surface area contributed by atoms with Crippen LogP contribution in [0.3, 0.4) is 0 Å². The van der Waals surface area contributed by atoms with Crippen LogP contribution in [-0.2, 0) is 5.41 Å². The van der Waals surface area contributed by atoms with Crippen LogP contribution in [0.1, 0.15) is 47.8 Å². The number of aryl methyl sites for hydroxylation is 1. The van der Waals surface area contributed by atoms with E-state index in [2.05, 4.69) is 13.8 Å². The van der Waals surface area contributed by atoms with Crippen molar-refractivity contribution in [2.45, 2.75) is 33.1 Å². The van der Waals surface area contributed by atoms with E-state index >= 15 is 0 Å². The van der Waals surface area contributed by atoms with Gasteiger partial charge in [0.15, 0.2) is 5.78 Å². The van der Waals surface area contributed by atoms with Crippen LogP contribution in [-0.4, -0.2) is 5.78 Å². The second-order valence-electron chi connectivity index (χ2n) is 5.83. The molecule has 0 amide bonds. The van der Waals surface area contributed by atoms with E-state index in [1.807, 2.05) is 31.2 Å². The Balaban J connectivity index is 2.71. The predicted molar refractivity (Wildman–Crippen MR) is 89.8 cm³/mol. The zero-order valence-electron chi connectivity index (χ0n) is 12.6. The van der Waals surface area contributed by atoms with E-state index in [0.717, 1.165) is 16.7 Å². The number of carbonyl (C=O) groups is 1. The van der Waals surface area contributed by atoms with Gasteiger partial charge in [0.25, 0.3) is 0 Å². The quantitative estimate of drug-likeness (QED) is 0.650. The van der Waals surface area contributed by atoms with Crippen LogP contribution in [0.2, 0.25) is 10.0 Å². The zero-order valence-corrected chi connectivity index (χ0v) is 14.1. The van der Waals surface area contributed by atoms with Gasteiger partial charge in [-0.15, -0.1) is 0 Å². The molecule has 0 bridgehead atoms. The van der Waals surface area contributed by atoms with Crippen LogP contribution in [0.5, 0.6) is 0 Å². The number of hydrogen-bond acceptors (Lipinski definition) is 1. The summed E-state index contributed by atoms with van der Waals surface area (Å²) in [6.45, 7) is 7.80. The van der Waals surface area contributed by atoms with Crippen molar-refractivity contribution in [1.29, 1.82) is 0 Å². The lowest BCUT2D eigenvalue weighted by Gasteiger charge is -2.30. The lowest BCUT2D eigenvalue weighted by molar-refractivity contribution is 0.101. The number of carbonyl (C=O) groups excluding carboxylic acids is 1. The molecule has 0 N–H and O–H groups in total. The van der Waals surface area contributed by atoms with Crippen molar-refractivity contribution in [2.75, 3.05) is 0 Å². The predicted octanol–water partition coefficient (Wildman–Crippen LogP) is 5.83. The highest BCUT2D eigenvalue weighted by Crippen LogP contribution is 2.38. The third-order valence-corrected chi connectivity index (χ3v) is 4.38. The normalized spacial score (nSPS) is 11.5. The molecule has 0 atom stereocenters. The van der Waals surface area contributed by atoms with E-state index in [0.29, 0.717) is 15.6 Å². The van der Waals surface area contributed by atoms with Gasteiger partial charge in [-0.25, -0.2) is 0 Å². The molecule has 0 aliphatic heterocycles. The van der Waals surface area contributed by atoms with Crippen molar-refractivity contribution in [2.24, 2.45) is 0 Å². The summed E-state index contributed by atoms with van der Waals surface area (Å²) in [6.07, 6.45) is 0. The third-order valence-electron chi connectivity index (χ3n) is 3.91. The maximum Gasteiger partial charge on any atom is 0.160 e. The van der Waals surface area contributed by atoms with Gasteiger partial charge in [-0.05, 0) is 60.9 Å². The van der Waals surface area contributed by atoms with Gasteiger partial charge in [0, 0.05) is 21.0 Å². The Bertz CT molecular complexity index is 702. The van der Waals surface area contributed by atoms with Gasteiger partial charge < -0.3 is 0 Å². The van der Waals surface area contributed by atoms with Gasteiger partial charge in [-0.3, -0.25) is 4.79 Å². The van der Waals surface area contributed by atoms with Crippen LogP contribution in [0.25, 0.3) is 0 Å². The molecule has 2 aromatic carbocycles. The molecule has 0 saturated heterocycles. The van der Waals surface area contributed by atoms with Crippen molar-refractivity contribution in [3.8, 4) is 0 Å². The molecular weight excluding hydrogens is 303 g/mol. The summed E-state index contributed by atoms with van der Waals surface area (Å²) in [4.78, 5) is 11.9. The third kappa shape index (κ3) is 3.14. The maximum absolute atomic E-state index is 11.9. The van der Waals surface area contributed by atoms with E-state index in [-0.39, 0.29) is 11.2 Å². The summed E-state index contributed by atoms with van der Waals surface area (Å²) >= 11 is 12.3. The van der Waals surface area contributed by atoms with E-state index < -0.39 is 0 Å². The lowest BCUT2D eigenvalue weighted by atomic mass is 9.74. The summed E-state index contributed by atoms with van der Waals surface area (Å²) in [7, 11) is 0. The SMILES string of the molecule is CC(=O)c1ccc(Cl)cc1C(C)(C)c1cc(Cl)ccc1C. The summed E-state index contributed by atoms with van der Waals surface area (Å²) in [5.41, 5.74) is 3.50. The molecule has 0 aliphatic carbocycles. The van der Waals surface area contributed by atoms with Gasteiger partial charge in [0.1, 0.15) is 0 Å². The number of benzene rings is 2. The summed E-state index contributed by atoms with van der Waals surface area (Å²) in [5, 5.41) is 1.32. The Labute approximate surface area is 135 Å². The van der Waals surface area contributed by atoms with Gasteiger partial charge in [-0.1, -0.05) is 43.1 Å². The fraction of sp³-hybridized carbons (Fsp3) is 0.278. The fourth-order valence-corrected chi connectivity index (χ4v) is 3.10. The Hall–Kier alpha value is -1.31. The summed E-state index contributed by atoms with van der Waals surface area (Å²) in [5.74, 6) is 0.0365. The smallest absolute Gasteiger partial charge is 0.160 e. The summed E-state index contributed by atoms with van der Waals surface area (Å²) in [6, 6.07) is 11.3. The first-order valence-electron chi connectivity index (χ1n) is 6.81. The molecule has 0 aromatic heterocycles. The number of halogens is 2. The molecule has 2 aromatic rings. The van der Waals surface area contributed by atoms with Crippen LogP contribution >= 0.6 is 23.2 Å². The average molecular weight is 321 g/mol. The molecule has 0 saturated carbocycles. The van der Waals surface area contributed by atoms with Crippen LogP contribution in [0.4, 0.5) is 0 Å². The van der Waals surface area contributed by atoms with Crippen LogP contribution in [0, 0.1) is 6.92 Å². The van der Waals surface area contributed by atoms with Crippen LogP contribution in [0.15, 0.2) is 36.4 Å². The average Bonchev–Trinajstić information content (AvgIpc) is 2.41.